The summed E-state index contributed by atoms with van der Waals surface area (Å²) in [5, 5.41) is 6.11. The van der Waals surface area contributed by atoms with Gasteiger partial charge in [-0.3, -0.25) is 14.4 Å². The number of likely N-dealkylation sites (tertiary alicyclic amines) is 1. The van der Waals surface area contributed by atoms with Crippen LogP contribution in [0.15, 0.2) is 47.3 Å². The first-order valence-corrected chi connectivity index (χ1v) is 15.3. The molecule has 0 radical (unpaired) electrons. The topological polar surface area (TPSA) is 125 Å². The Bertz CT molecular complexity index is 1690. The number of carbonyl (C=O) groups excluding carboxylic acids is 2. The Labute approximate surface area is 268 Å². The molecule has 2 amide bonds. The van der Waals surface area contributed by atoms with Gasteiger partial charge in [-0.25, -0.2) is 0 Å². The van der Waals surface area contributed by atoms with Crippen LogP contribution in [0.2, 0.25) is 0 Å². The number of carbonyl (C=O) groups is 2. The molecule has 1 heterocycles. The Morgan fingerprint density at radius 1 is 0.848 bits per heavy atom. The maximum absolute atomic E-state index is 13.7. The highest BCUT2D eigenvalue weighted by Crippen LogP contribution is 2.50. The van der Waals surface area contributed by atoms with Gasteiger partial charge in [-0.2, -0.15) is 0 Å². The number of methoxy groups -OCH3 is 5. The molecule has 11 heteroatoms. The van der Waals surface area contributed by atoms with Gasteiger partial charge in [0.05, 0.1) is 59.9 Å². The predicted molar refractivity (Wildman–Crippen MR) is 174 cm³/mol. The molecule has 11 nitrogen and oxygen atoms in total. The normalized spacial score (nSPS) is 16.8. The van der Waals surface area contributed by atoms with E-state index in [4.69, 9.17) is 23.7 Å². The minimum atomic E-state index is -0.430. The summed E-state index contributed by atoms with van der Waals surface area (Å²) in [6.45, 7) is 1.98. The van der Waals surface area contributed by atoms with Gasteiger partial charge in [-0.15, -0.1) is 0 Å². The van der Waals surface area contributed by atoms with E-state index in [0.29, 0.717) is 59.3 Å². The highest BCUT2D eigenvalue weighted by molar-refractivity contribution is 5.85. The third-order valence-electron chi connectivity index (χ3n) is 8.72. The number of aryl methyl sites for hydroxylation is 1. The van der Waals surface area contributed by atoms with Crippen molar-refractivity contribution in [3.05, 3.63) is 69.4 Å². The largest absolute Gasteiger partial charge is 0.497 e. The van der Waals surface area contributed by atoms with Crippen molar-refractivity contribution in [1.82, 2.24) is 10.2 Å². The van der Waals surface area contributed by atoms with Crippen LogP contribution in [0.25, 0.3) is 11.1 Å². The van der Waals surface area contributed by atoms with Gasteiger partial charge in [-0.05, 0) is 72.7 Å². The summed E-state index contributed by atoms with van der Waals surface area (Å²) < 4.78 is 28.1. The lowest BCUT2D eigenvalue weighted by atomic mass is 9.95. The minimum absolute atomic E-state index is 0.0705. The maximum atomic E-state index is 13.7. The van der Waals surface area contributed by atoms with Gasteiger partial charge in [0.25, 0.3) is 0 Å². The van der Waals surface area contributed by atoms with E-state index in [2.05, 4.69) is 10.6 Å². The van der Waals surface area contributed by atoms with Crippen LogP contribution in [0.1, 0.15) is 55.0 Å². The lowest BCUT2D eigenvalue weighted by Crippen LogP contribution is -2.35. The number of nitrogens with zero attached hydrogens (tertiary/aromatic N) is 1. The van der Waals surface area contributed by atoms with Crippen LogP contribution in [0.5, 0.6) is 28.7 Å². The van der Waals surface area contributed by atoms with Gasteiger partial charge in [0.2, 0.25) is 23.0 Å². The van der Waals surface area contributed by atoms with E-state index < -0.39 is 6.04 Å². The van der Waals surface area contributed by atoms with Gasteiger partial charge in [0, 0.05) is 30.7 Å². The molecular formula is C35H41N3O8. The minimum Gasteiger partial charge on any atom is -0.497 e. The van der Waals surface area contributed by atoms with E-state index in [0.717, 1.165) is 29.5 Å². The van der Waals surface area contributed by atoms with E-state index >= 15 is 0 Å². The zero-order valence-corrected chi connectivity index (χ0v) is 27.2. The molecule has 0 spiro atoms. The van der Waals surface area contributed by atoms with Gasteiger partial charge < -0.3 is 39.2 Å². The number of fused-ring (bicyclic) bond motifs is 3. The molecule has 244 valence electrons. The molecule has 2 N–H and O–H groups in total. The molecule has 0 saturated carbocycles. The first-order chi connectivity index (χ1) is 22.2. The number of nitrogens with one attached hydrogen (secondary N) is 2. The van der Waals surface area contributed by atoms with Crippen molar-refractivity contribution in [2.75, 3.05) is 54.0 Å². The van der Waals surface area contributed by atoms with Gasteiger partial charge in [0.15, 0.2) is 11.5 Å². The summed E-state index contributed by atoms with van der Waals surface area (Å²) in [4.78, 5) is 41.3. The molecule has 1 aliphatic heterocycles. The highest BCUT2D eigenvalue weighted by atomic mass is 16.5. The fourth-order valence-electron chi connectivity index (χ4n) is 6.61. The molecule has 1 saturated heterocycles. The zero-order chi connectivity index (χ0) is 33.0. The van der Waals surface area contributed by atoms with Crippen molar-refractivity contribution in [3.8, 4) is 39.9 Å². The molecule has 3 aromatic carbocycles. The van der Waals surface area contributed by atoms with Crippen LogP contribution < -0.4 is 39.7 Å². The fraction of sp³-hybridized carbons (Fsp3) is 0.400. The molecular weight excluding hydrogens is 590 g/mol. The summed E-state index contributed by atoms with van der Waals surface area (Å²) in [6.07, 6.45) is 2.80. The van der Waals surface area contributed by atoms with Crippen molar-refractivity contribution in [3.63, 3.8) is 0 Å². The van der Waals surface area contributed by atoms with E-state index in [1.165, 1.54) is 13.0 Å². The number of ether oxygens (including phenoxy) is 5. The zero-order valence-electron chi connectivity index (χ0n) is 27.2. The number of amides is 2. The number of hydrogen-bond acceptors (Lipinski definition) is 9. The van der Waals surface area contributed by atoms with E-state index in [9.17, 15) is 14.4 Å². The van der Waals surface area contributed by atoms with E-state index in [1.54, 1.807) is 41.6 Å². The molecule has 1 fully saturated rings. The molecule has 46 heavy (non-hydrogen) atoms. The summed E-state index contributed by atoms with van der Waals surface area (Å²) in [5.41, 5.74) is 3.93. The SMILES string of the molecule is COc1ccc([C@@H]2CCCN2C(=O)CNc2ccc3c(cc2=O)[C@@H](NC(C)=O)CCc2cc(OC)c(OC)c(OC)c2-3)c(OC)c1. The highest BCUT2D eigenvalue weighted by Gasteiger charge is 2.33. The van der Waals surface area contributed by atoms with Gasteiger partial charge in [-0.1, -0.05) is 6.07 Å². The lowest BCUT2D eigenvalue weighted by molar-refractivity contribution is -0.130. The van der Waals surface area contributed by atoms with Crippen LogP contribution in [0.4, 0.5) is 5.69 Å². The summed E-state index contributed by atoms with van der Waals surface area (Å²) in [5.74, 6) is 2.42. The molecule has 1 aliphatic carbocycles. The fourth-order valence-corrected chi connectivity index (χ4v) is 6.61. The molecule has 2 atom stereocenters. The average Bonchev–Trinajstić information content (AvgIpc) is 3.44. The monoisotopic (exact) mass is 631 g/mol. The Kier molecular flexibility index (Phi) is 9.89. The molecule has 0 bridgehead atoms. The first-order valence-electron chi connectivity index (χ1n) is 15.3. The summed E-state index contributed by atoms with van der Waals surface area (Å²) in [6, 6.07) is 12.0. The van der Waals surface area contributed by atoms with Crippen molar-refractivity contribution < 1.29 is 33.3 Å². The molecule has 5 rings (SSSR count). The standard InChI is InChI=1S/C35H41N3O8/c1-20(39)37-26-13-9-21-16-31(44-4)34(45-5)35(46-6)33(21)23-12-14-27(29(40)18-25(23)26)36-19-32(41)38-15-7-8-28(38)24-11-10-22(42-2)17-30(24)43-3/h10-12,14,16-18,26,28H,7-9,13,15,19H2,1-6H3,(H,36,40)(H,37,39)/t26-,28-/m0/s1. The second-order valence-corrected chi connectivity index (χ2v) is 11.3. The van der Waals surface area contributed by atoms with E-state index in [1.807, 2.05) is 35.2 Å². The Balaban J connectivity index is 1.50. The number of anilines is 1. The molecule has 3 aromatic rings. The summed E-state index contributed by atoms with van der Waals surface area (Å²) in [7, 11) is 7.86. The molecule has 0 unspecified atom stereocenters. The predicted octanol–water partition coefficient (Wildman–Crippen LogP) is 4.66. The Morgan fingerprint density at radius 3 is 2.28 bits per heavy atom. The van der Waals surface area contributed by atoms with Crippen molar-refractivity contribution >= 4 is 17.5 Å². The third-order valence-corrected chi connectivity index (χ3v) is 8.72. The second kappa shape index (κ2) is 14.0. The first kappa shape index (κ1) is 32.5. The Hall–Kier alpha value is -4.93. The maximum Gasteiger partial charge on any atom is 0.242 e. The number of benzene rings is 2. The van der Waals surface area contributed by atoms with Crippen LogP contribution >= 0.6 is 0 Å². The Morgan fingerprint density at radius 2 is 1.61 bits per heavy atom. The third kappa shape index (κ3) is 6.27. The summed E-state index contributed by atoms with van der Waals surface area (Å²) >= 11 is 0. The lowest BCUT2D eigenvalue weighted by Gasteiger charge is -2.26. The van der Waals surface area contributed by atoms with Gasteiger partial charge >= 0.3 is 0 Å². The van der Waals surface area contributed by atoms with Crippen molar-refractivity contribution in [2.24, 2.45) is 0 Å². The number of rotatable bonds is 10. The van der Waals surface area contributed by atoms with Gasteiger partial charge in [0.1, 0.15) is 11.5 Å². The average molecular weight is 632 g/mol. The van der Waals surface area contributed by atoms with Crippen LogP contribution in [0.3, 0.4) is 0 Å². The van der Waals surface area contributed by atoms with Crippen molar-refractivity contribution in [1.29, 1.82) is 0 Å². The van der Waals surface area contributed by atoms with Crippen LogP contribution in [0, 0.1) is 0 Å². The van der Waals surface area contributed by atoms with Crippen LogP contribution in [-0.2, 0) is 16.0 Å². The second-order valence-electron chi connectivity index (χ2n) is 11.3. The van der Waals surface area contributed by atoms with Crippen LogP contribution in [-0.4, -0.2) is 65.4 Å². The smallest absolute Gasteiger partial charge is 0.242 e. The van der Waals surface area contributed by atoms with Crippen molar-refractivity contribution in [2.45, 2.75) is 44.7 Å². The quantitative estimate of drug-likeness (QED) is 0.329. The van der Waals surface area contributed by atoms with E-state index in [-0.39, 0.29) is 35.5 Å². The molecule has 2 aliphatic rings. The number of hydrogen-bond donors (Lipinski definition) is 2. The molecule has 0 aromatic heterocycles.